The minimum atomic E-state index is 0.0955. The number of amides is 1. The highest BCUT2D eigenvalue weighted by atomic mass is 16.1. The van der Waals surface area contributed by atoms with Crippen molar-refractivity contribution in [2.45, 2.75) is 51.5 Å². The first kappa shape index (κ1) is 15.4. The summed E-state index contributed by atoms with van der Waals surface area (Å²) in [5.41, 5.74) is 0. The number of nitrogens with zero attached hydrogens (tertiary/aromatic N) is 1. The van der Waals surface area contributed by atoms with Gasteiger partial charge in [0, 0.05) is 12.6 Å². The van der Waals surface area contributed by atoms with E-state index < -0.39 is 0 Å². The monoisotopic (exact) mass is 255 g/mol. The number of hydrogen-bond donors (Lipinski definition) is 2. The average molecular weight is 255 g/mol. The minimum Gasteiger partial charge on any atom is -0.355 e. The van der Waals surface area contributed by atoms with Gasteiger partial charge in [-0.1, -0.05) is 19.3 Å². The van der Waals surface area contributed by atoms with E-state index >= 15 is 0 Å². The third-order valence-corrected chi connectivity index (χ3v) is 3.72. The van der Waals surface area contributed by atoms with Crippen molar-refractivity contribution in [3.8, 4) is 0 Å². The Balaban J connectivity index is 1.98. The van der Waals surface area contributed by atoms with Gasteiger partial charge in [0.15, 0.2) is 0 Å². The van der Waals surface area contributed by atoms with Crippen LogP contribution in [-0.2, 0) is 4.79 Å². The van der Waals surface area contributed by atoms with Crippen molar-refractivity contribution >= 4 is 5.91 Å². The average Bonchev–Trinajstić information content (AvgIpc) is 2.39. The normalized spacial score (nSPS) is 17.1. The molecule has 0 spiro atoms. The molecule has 0 aromatic heterocycles. The van der Waals surface area contributed by atoms with Gasteiger partial charge in [-0.05, 0) is 46.3 Å². The van der Waals surface area contributed by atoms with Gasteiger partial charge in [0.2, 0.25) is 5.91 Å². The molecule has 0 heterocycles. The third-order valence-electron chi connectivity index (χ3n) is 3.72. The second kappa shape index (κ2) is 9.34. The van der Waals surface area contributed by atoms with E-state index in [-0.39, 0.29) is 5.91 Å². The molecular weight excluding hydrogens is 226 g/mol. The van der Waals surface area contributed by atoms with Gasteiger partial charge in [0.25, 0.3) is 0 Å². The van der Waals surface area contributed by atoms with Crippen molar-refractivity contribution < 1.29 is 4.79 Å². The fourth-order valence-electron chi connectivity index (χ4n) is 2.62. The molecule has 1 aliphatic carbocycles. The molecule has 0 aromatic rings. The number of likely N-dealkylation sites (N-methyl/N-ethyl adjacent to an activating group) is 1. The van der Waals surface area contributed by atoms with E-state index in [1.165, 1.54) is 32.1 Å². The Hall–Kier alpha value is -0.610. The maximum absolute atomic E-state index is 11.2. The van der Waals surface area contributed by atoms with E-state index in [1.54, 1.807) is 0 Å². The number of nitrogens with one attached hydrogen (secondary N) is 2. The summed E-state index contributed by atoms with van der Waals surface area (Å²) in [6.07, 6.45) is 8.05. The molecule has 0 bridgehead atoms. The topological polar surface area (TPSA) is 44.4 Å². The molecule has 106 valence electrons. The molecule has 0 atom stereocenters. The zero-order valence-electron chi connectivity index (χ0n) is 12.0. The lowest BCUT2D eigenvalue weighted by Crippen LogP contribution is -2.37. The van der Waals surface area contributed by atoms with Crippen molar-refractivity contribution in [1.29, 1.82) is 0 Å². The SMILES string of the molecule is CCNC(=O)CNCCCN(C)C1CCCCC1. The predicted molar refractivity (Wildman–Crippen MR) is 75.7 cm³/mol. The molecule has 4 nitrogen and oxygen atoms in total. The maximum atomic E-state index is 11.2. The van der Waals surface area contributed by atoms with Gasteiger partial charge in [-0.3, -0.25) is 4.79 Å². The standard InChI is InChI=1S/C14H29N3O/c1-3-16-14(18)12-15-10-7-11-17(2)13-8-5-4-6-9-13/h13,15H,3-12H2,1-2H3,(H,16,18). The van der Waals surface area contributed by atoms with Gasteiger partial charge in [-0.15, -0.1) is 0 Å². The fourth-order valence-corrected chi connectivity index (χ4v) is 2.62. The van der Waals surface area contributed by atoms with E-state index in [0.717, 1.165) is 25.6 Å². The van der Waals surface area contributed by atoms with Crippen LogP contribution in [0.2, 0.25) is 0 Å². The Labute approximate surface area is 111 Å². The van der Waals surface area contributed by atoms with Crippen LogP contribution >= 0.6 is 0 Å². The Morgan fingerprint density at radius 3 is 2.67 bits per heavy atom. The molecule has 18 heavy (non-hydrogen) atoms. The Kier molecular flexibility index (Phi) is 8.01. The second-order valence-electron chi connectivity index (χ2n) is 5.26. The fraction of sp³-hybridized carbons (Fsp3) is 0.929. The van der Waals surface area contributed by atoms with E-state index in [4.69, 9.17) is 0 Å². The summed E-state index contributed by atoms with van der Waals surface area (Å²) < 4.78 is 0. The van der Waals surface area contributed by atoms with Crippen molar-refractivity contribution in [1.82, 2.24) is 15.5 Å². The van der Waals surface area contributed by atoms with E-state index in [9.17, 15) is 4.79 Å². The van der Waals surface area contributed by atoms with Crippen molar-refractivity contribution in [3.63, 3.8) is 0 Å². The summed E-state index contributed by atoms with van der Waals surface area (Å²) >= 11 is 0. The van der Waals surface area contributed by atoms with Crippen LogP contribution in [0.3, 0.4) is 0 Å². The highest BCUT2D eigenvalue weighted by Gasteiger charge is 2.17. The molecule has 0 radical (unpaired) electrons. The van der Waals surface area contributed by atoms with Crippen LogP contribution in [-0.4, -0.2) is 50.1 Å². The number of rotatable bonds is 8. The summed E-state index contributed by atoms with van der Waals surface area (Å²) in [5, 5.41) is 5.97. The number of carbonyl (C=O) groups is 1. The van der Waals surface area contributed by atoms with Crippen LogP contribution in [0, 0.1) is 0 Å². The summed E-state index contributed by atoms with van der Waals surface area (Å²) in [7, 11) is 2.24. The van der Waals surface area contributed by atoms with Crippen molar-refractivity contribution in [2.75, 3.05) is 33.2 Å². The lowest BCUT2D eigenvalue weighted by Gasteiger charge is -2.31. The molecule has 4 heteroatoms. The molecule has 1 amide bonds. The van der Waals surface area contributed by atoms with Crippen LogP contribution in [0.1, 0.15) is 45.4 Å². The second-order valence-corrected chi connectivity index (χ2v) is 5.26. The smallest absolute Gasteiger partial charge is 0.233 e. The minimum absolute atomic E-state index is 0.0955. The quantitative estimate of drug-likeness (QED) is 0.644. The zero-order chi connectivity index (χ0) is 13.2. The van der Waals surface area contributed by atoms with Gasteiger partial charge in [0.05, 0.1) is 6.54 Å². The first-order chi connectivity index (χ1) is 8.74. The van der Waals surface area contributed by atoms with Gasteiger partial charge < -0.3 is 15.5 Å². The van der Waals surface area contributed by atoms with E-state index in [1.807, 2.05) is 6.92 Å². The third kappa shape index (κ3) is 6.36. The first-order valence-corrected chi connectivity index (χ1v) is 7.41. The van der Waals surface area contributed by atoms with Gasteiger partial charge >= 0.3 is 0 Å². The molecule has 0 aliphatic heterocycles. The zero-order valence-corrected chi connectivity index (χ0v) is 12.0. The maximum Gasteiger partial charge on any atom is 0.233 e. The Morgan fingerprint density at radius 1 is 1.28 bits per heavy atom. The van der Waals surface area contributed by atoms with Crippen LogP contribution in [0.15, 0.2) is 0 Å². The van der Waals surface area contributed by atoms with Gasteiger partial charge in [-0.25, -0.2) is 0 Å². The summed E-state index contributed by atoms with van der Waals surface area (Å²) in [6, 6.07) is 0.794. The molecule has 0 saturated heterocycles. The van der Waals surface area contributed by atoms with E-state index in [0.29, 0.717) is 13.1 Å². The molecule has 1 saturated carbocycles. The lowest BCUT2D eigenvalue weighted by atomic mass is 9.94. The Morgan fingerprint density at radius 2 is 2.00 bits per heavy atom. The number of hydrogen-bond acceptors (Lipinski definition) is 3. The summed E-state index contributed by atoms with van der Waals surface area (Å²) in [6.45, 7) is 5.16. The molecule has 1 rings (SSSR count). The van der Waals surface area contributed by atoms with Crippen LogP contribution < -0.4 is 10.6 Å². The summed E-state index contributed by atoms with van der Waals surface area (Å²) in [5.74, 6) is 0.0955. The van der Waals surface area contributed by atoms with Gasteiger partial charge in [-0.2, -0.15) is 0 Å². The van der Waals surface area contributed by atoms with E-state index in [2.05, 4.69) is 22.6 Å². The molecule has 1 fully saturated rings. The van der Waals surface area contributed by atoms with Crippen LogP contribution in [0.5, 0.6) is 0 Å². The highest BCUT2D eigenvalue weighted by molar-refractivity contribution is 5.77. The lowest BCUT2D eigenvalue weighted by molar-refractivity contribution is -0.120. The predicted octanol–water partition coefficient (Wildman–Crippen LogP) is 1.37. The molecule has 2 N–H and O–H groups in total. The molecular formula is C14H29N3O. The van der Waals surface area contributed by atoms with Crippen LogP contribution in [0.4, 0.5) is 0 Å². The Bertz CT molecular complexity index is 227. The largest absolute Gasteiger partial charge is 0.355 e. The highest BCUT2D eigenvalue weighted by Crippen LogP contribution is 2.21. The molecule has 0 aromatic carbocycles. The van der Waals surface area contributed by atoms with Crippen molar-refractivity contribution in [3.05, 3.63) is 0 Å². The summed E-state index contributed by atoms with van der Waals surface area (Å²) in [4.78, 5) is 13.7. The van der Waals surface area contributed by atoms with Crippen molar-refractivity contribution in [2.24, 2.45) is 0 Å². The van der Waals surface area contributed by atoms with Gasteiger partial charge in [0.1, 0.15) is 0 Å². The van der Waals surface area contributed by atoms with Crippen LogP contribution in [0.25, 0.3) is 0 Å². The molecule has 1 aliphatic rings. The first-order valence-electron chi connectivity index (χ1n) is 7.41. The number of carbonyl (C=O) groups excluding carboxylic acids is 1. The molecule has 0 unspecified atom stereocenters.